The molecule has 8 nitrogen and oxygen atoms in total. The Bertz CT molecular complexity index is 1540. The first-order valence-electron chi connectivity index (χ1n) is 11.1. The lowest BCUT2D eigenvalue weighted by Crippen LogP contribution is -2.25. The van der Waals surface area contributed by atoms with Gasteiger partial charge in [-0.25, -0.2) is 10.2 Å². The van der Waals surface area contributed by atoms with E-state index in [1.807, 2.05) is 42.5 Å². The number of fused-ring (bicyclic) bond motifs is 2. The van der Waals surface area contributed by atoms with Gasteiger partial charge < -0.3 is 19.5 Å². The molecule has 0 saturated heterocycles. The molecule has 4 aromatic carbocycles. The van der Waals surface area contributed by atoms with Gasteiger partial charge in [0, 0.05) is 15.7 Å². The van der Waals surface area contributed by atoms with E-state index < -0.39 is 5.97 Å². The molecule has 10 heteroatoms. The second-order valence-electron chi connectivity index (χ2n) is 7.97. The lowest BCUT2D eigenvalue weighted by Gasteiger charge is -2.11. The summed E-state index contributed by atoms with van der Waals surface area (Å²) in [4.78, 5) is 25.1. The fourth-order valence-electron chi connectivity index (χ4n) is 3.65. The highest BCUT2D eigenvalue weighted by Crippen LogP contribution is 2.35. The van der Waals surface area contributed by atoms with Crippen LogP contribution >= 0.6 is 31.9 Å². The Kier molecular flexibility index (Phi) is 7.38. The molecule has 0 fully saturated rings. The molecule has 0 atom stereocenters. The highest BCUT2D eigenvalue weighted by Gasteiger charge is 2.19. The first-order valence-corrected chi connectivity index (χ1v) is 12.7. The van der Waals surface area contributed by atoms with E-state index in [4.69, 9.17) is 14.2 Å². The quantitative estimate of drug-likeness (QED) is 0.115. The average molecular weight is 625 g/mol. The van der Waals surface area contributed by atoms with E-state index in [0.717, 1.165) is 20.9 Å². The van der Waals surface area contributed by atoms with Gasteiger partial charge in [-0.1, -0.05) is 46.3 Å². The van der Waals surface area contributed by atoms with E-state index in [9.17, 15) is 9.59 Å². The number of halogens is 2. The number of esters is 1. The Labute approximate surface area is 228 Å². The van der Waals surface area contributed by atoms with Crippen molar-refractivity contribution < 1.29 is 23.8 Å². The third-order valence-corrected chi connectivity index (χ3v) is 6.48. The summed E-state index contributed by atoms with van der Waals surface area (Å²) in [6.07, 6.45) is 1.41. The van der Waals surface area contributed by atoms with Crippen LogP contribution in [0.2, 0.25) is 0 Å². The van der Waals surface area contributed by atoms with Crippen molar-refractivity contribution in [3.05, 3.63) is 92.9 Å². The van der Waals surface area contributed by atoms with Crippen LogP contribution in [0.5, 0.6) is 17.2 Å². The first kappa shape index (κ1) is 24.8. The van der Waals surface area contributed by atoms with Gasteiger partial charge in [0.1, 0.15) is 0 Å². The van der Waals surface area contributed by atoms with Gasteiger partial charge in [-0.3, -0.25) is 4.79 Å². The zero-order valence-electron chi connectivity index (χ0n) is 19.2. The van der Waals surface area contributed by atoms with Gasteiger partial charge in [0.05, 0.1) is 22.8 Å². The van der Waals surface area contributed by atoms with Gasteiger partial charge in [0.25, 0.3) is 5.91 Å². The summed E-state index contributed by atoms with van der Waals surface area (Å²) in [5, 5.41) is 9.33. The molecule has 0 aromatic heterocycles. The number of hydrogen-bond donors (Lipinski definition) is 2. The van der Waals surface area contributed by atoms with Crippen molar-refractivity contribution in [2.24, 2.45) is 5.10 Å². The van der Waals surface area contributed by atoms with Gasteiger partial charge in [0.2, 0.25) is 6.79 Å². The molecule has 1 aliphatic rings. The molecule has 5 rings (SSSR count). The number of rotatable bonds is 7. The van der Waals surface area contributed by atoms with E-state index in [1.165, 1.54) is 6.21 Å². The Morgan fingerprint density at radius 2 is 1.76 bits per heavy atom. The van der Waals surface area contributed by atoms with E-state index >= 15 is 0 Å². The third kappa shape index (κ3) is 5.92. The summed E-state index contributed by atoms with van der Waals surface area (Å²) in [6, 6.07) is 22.1. The van der Waals surface area contributed by atoms with E-state index in [-0.39, 0.29) is 25.0 Å². The number of hydrogen-bond acceptors (Lipinski definition) is 7. The maximum Gasteiger partial charge on any atom is 0.343 e. The van der Waals surface area contributed by atoms with Crippen LogP contribution in [-0.2, 0) is 4.79 Å². The lowest BCUT2D eigenvalue weighted by molar-refractivity contribution is -0.119. The number of anilines is 1. The minimum Gasteiger partial charge on any atom is -0.454 e. The van der Waals surface area contributed by atoms with E-state index in [1.54, 1.807) is 30.3 Å². The molecule has 0 radical (unpaired) electrons. The van der Waals surface area contributed by atoms with Crippen LogP contribution < -0.4 is 25.0 Å². The predicted octanol–water partition coefficient (Wildman–Crippen LogP) is 5.87. The summed E-state index contributed by atoms with van der Waals surface area (Å²) in [5.41, 5.74) is 4.08. The summed E-state index contributed by atoms with van der Waals surface area (Å²) in [6.45, 7) is 0.139. The number of ether oxygens (including phenoxy) is 3. The number of amides is 1. The molecule has 186 valence electrons. The number of nitrogens with zero attached hydrogens (tertiary/aromatic N) is 1. The number of carbonyl (C=O) groups excluding carboxylic acids is 2. The molecule has 0 unspecified atom stereocenters. The first-order chi connectivity index (χ1) is 18.0. The van der Waals surface area contributed by atoms with Gasteiger partial charge in [0.15, 0.2) is 17.2 Å². The normalized spacial score (nSPS) is 12.1. The zero-order valence-corrected chi connectivity index (χ0v) is 22.3. The Morgan fingerprint density at radius 1 is 0.946 bits per heavy atom. The summed E-state index contributed by atoms with van der Waals surface area (Å²) in [5.74, 6) is 0.376. The number of nitrogens with one attached hydrogen (secondary N) is 2. The number of carbonyl (C=O) groups is 2. The van der Waals surface area contributed by atoms with Crippen molar-refractivity contribution in [2.75, 3.05) is 18.7 Å². The summed E-state index contributed by atoms with van der Waals surface area (Å²) < 4.78 is 17.5. The fraction of sp³-hybridized carbons (Fsp3) is 0.0741. The Morgan fingerprint density at radius 3 is 2.62 bits per heavy atom. The van der Waals surface area contributed by atoms with Crippen LogP contribution in [0.4, 0.5) is 5.69 Å². The largest absolute Gasteiger partial charge is 0.454 e. The van der Waals surface area contributed by atoms with Crippen LogP contribution in [0.3, 0.4) is 0 Å². The summed E-state index contributed by atoms with van der Waals surface area (Å²) >= 11 is 6.85. The van der Waals surface area contributed by atoms with Crippen LogP contribution in [0.25, 0.3) is 10.8 Å². The monoisotopic (exact) mass is 623 g/mol. The average Bonchev–Trinajstić information content (AvgIpc) is 3.37. The predicted molar refractivity (Wildman–Crippen MR) is 148 cm³/mol. The molecular weight excluding hydrogens is 606 g/mol. The molecule has 2 N–H and O–H groups in total. The highest BCUT2D eigenvalue weighted by molar-refractivity contribution is 9.11. The van der Waals surface area contributed by atoms with Crippen molar-refractivity contribution >= 4 is 66.4 Å². The molecule has 0 spiro atoms. The van der Waals surface area contributed by atoms with Crippen LogP contribution in [0, 0.1) is 0 Å². The van der Waals surface area contributed by atoms with Crippen molar-refractivity contribution in [1.82, 2.24) is 5.43 Å². The smallest absolute Gasteiger partial charge is 0.343 e. The standard InChI is InChI=1S/C27H19Br2N3O5/c28-20-9-19(13-31-32-25(33)14-30-21-7-5-16-3-1-2-4-17(16)10-21)26(22(29)12-20)37-27(34)18-6-8-23-24(11-18)36-15-35-23/h1-13,30H,14-15H2,(H,32,33). The van der Waals surface area contributed by atoms with E-state index in [2.05, 4.69) is 47.7 Å². The van der Waals surface area contributed by atoms with Crippen molar-refractivity contribution in [2.45, 2.75) is 0 Å². The maximum atomic E-state index is 12.8. The molecular formula is C27H19Br2N3O5. The molecule has 0 bridgehead atoms. The Hall–Kier alpha value is -3.89. The van der Waals surface area contributed by atoms with Crippen molar-refractivity contribution in [3.63, 3.8) is 0 Å². The number of benzene rings is 4. The van der Waals surface area contributed by atoms with Gasteiger partial charge >= 0.3 is 5.97 Å². The van der Waals surface area contributed by atoms with E-state index in [0.29, 0.717) is 27.1 Å². The number of hydrazone groups is 1. The molecule has 4 aromatic rings. The van der Waals surface area contributed by atoms with Crippen LogP contribution in [0.1, 0.15) is 15.9 Å². The second kappa shape index (κ2) is 11.0. The maximum absolute atomic E-state index is 12.8. The Balaban J connectivity index is 1.24. The zero-order chi connectivity index (χ0) is 25.8. The minimum absolute atomic E-state index is 0.0316. The van der Waals surface area contributed by atoms with Gasteiger partial charge in [-0.2, -0.15) is 5.10 Å². The molecule has 0 aliphatic carbocycles. The second-order valence-corrected chi connectivity index (χ2v) is 9.74. The lowest BCUT2D eigenvalue weighted by atomic mass is 10.1. The molecule has 1 heterocycles. The highest BCUT2D eigenvalue weighted by atomic mass is 79.9. The van der Waals surface area contributed by atoms with Gasteiger partial charge in [-0.05, 0) is 69.2 Å². The van der Waals surface area contributed by atoms with Crippen molar-refractivity contribution in [1.29, 1.82) is 0 Å². The fourth-order valence-corrected chi connectivity index (χ4v) is 4.99. The van der Waals surface area contributed by atoms with Gasteiger partial charge in [-0.15, -0.1) is 0 Å². The topological polar surface area (TPSA) is 98.2 Å². The molecule has 1 amide bonds. The van der Waals surface area contributed by atoms with Crippen LogP contribution in [-0.4, -0.2) is 31.4 Å². The molecule has 0 saturated carbocycles. The van der Waals surface area contributed by atoms with Crippen molar-refractivity contribution in [3.8, 4) is 17.2 Å². The third-order valence-electron chi connectivity index (χ3n) is 5.44. The molecule has 1 aliphatic heterocycles. The minimum atomic E-state index is -0.584. The molecule has 37 heavy (non-hydrogen) atoms. The van der Waals surface area contributed by atoms with Crippen LogP contribution in [0.15, 0.2) is 86.8 Å². The summed E-state index contributed by atoms with van der Waals surface area (Å²) in [7, 11) is 0. The SMILES string of the molecule is O=C(CNc1ccc2ccccc2c1)NN=Cc1cc(Br)cc(Br)c1OC(=O)c1ccc2c(c1)OCO2.